The van der Waals surface area contributed by atoms with Crippen LogP contribution in [0.1, 0.15) is 11.1 Å². The smallest absolute Gasteiger partial charge is 0.214 e. The number of aromatic amines is 1. The molecule has 0 spiro atoms. The average molecular weight is 454 g/mol. The summed E-state index contributed by atoms with van der Waals surface area (Å²) in [6.07, 6.45) is 3.43. The molecule has 2 N–H and O–H groups in total. The first-order chi connectivity index (χ1) is 15.1. The number of aromatic nitrogens is 4. The van der Waals surface area contributed by atoms with Crippen LogP contribution in [0.25, 0.3) is 11.4 Å². The second-order valence-corrected chi connectivity index (χ2v) is 7.48. The Morgan fingerprint density at radius 1 is 1.03 bits per heavy atom. The molecule has 2 aromatic heterocycles. The summed E-state index contributed by atoms with van der Waals surface area (Å²) in [6, 6.07) is 17.1. The van der Waals surface area contributed by atoms with Crippen molar-refractivity contribution >= 4 is 23.8 Å². The van der Waals surface area contributed by atoms with Gasteiger partial charge in [-0.05, 0) is 59.7 Å². The minimum atomic E-state index is 0.421. The minimum absolute atomic E-state index is 0.421. The average Bonchev–Trinajstić information content (AvgIpc) is 3.18. The zero-order chi connectivity index (χ0) is 21.6. The van der Waals surface area contributed by atoms with E-state index in [2.05, 4.69) is 20.6 Å². The van der Waals surface area contributed by atoms with E-state index in [4.69, 9.17) is 33.3 Å². The highest BCUT2D eigenvalue weighted by atomic mass is 35.5. The molecule has 2 heterocycles. The number of rotatable bonds is 8. The van der Waals surface area contributed by atoms with Gasteiger partial charge in [0.2, 0.25) is 4.77 Å². The summed E-state index contributed by atoms with van der Waals surface area (Å²) in [5.74, 6) is 2.00. The molecule has 0 amide bonds. The maximum atomic E-state index is 5.93. The maximum Gasteiger partial charge on any atom is 0.214 e. The summed E-state index contributed by atoms with van der Waals surface area (Å²) >= 11 is 11.3. The molecule has 0 unspecified atom stereocenters. The van der Waals surface area contributed by atoms with Crippen molar-refractivity contribution in [1.82, 2.24) is 19.9 Å². The first-order valence-electron chi connectivity index (χ1n) is 9.50. The predicted octanol–water partition coefficient (Wildman–Crippen LogP) is 4.99. The van der Waals surface area contributed by atoms with Gasteiger partial charge in [-0.25, -0.2) is 9.77 Å². The topological polar surface area (TPSA) is 77.0 Å². The molecule has 0 aliphatic rings. The monoisotopic (exact) mass is 453 g/mol. The lowest BCUT2D eigenvalue weighted by Gasteiger charge is -2.14. The van der Waals surface area contributed by atoms with E-state index in [0.717, 1.165) is 16.7 Å². The van der Waals surface area contributed by atoms with Gasteiger partial charge in [0.15, 0.2) is 17.3 Å². The highest BCUT2D eigenvalue weighted by Gasteiger charge is 2.10. The maximum absolute atomic E-state index is 5.93. The number of benzene rings is 2. The van der Waals surface area contributed by atoms with Crippen LogP contribution in [0, 0.1) is 4.77 Å². The molecule has 0 bridgehead atoms. The number of methoxy groups -OCH3 is 1. The van der Waals surface area contributed by atoms with Crippen LogP contribution < -0.4 is 14.9 Å². The first-order valence-corrected chi connectivity index (χ1v) is 10.3. The summed E-state index contributed by atoms with van der Waals surface area (Å²) in [5.41, 5.74) is 6.22. The number of halogens is 1. The van der Waals surface area contributed by atoms with Crippen LogP contribution in [-0.2, 0) is 13.2 Å². The van der Waals surface area contributed by atoms with E-state index >= 15 is 0 Å². The Hall–Kier alpha value is -3.36. The van der Waals surface area contributed by atoms with Crippen LogP contribution >= 0.6 is 23.8 Å². The van der Waals surface area contributed by atoms with Crippen molar-refractivity contribution in [3.63, 3.8) is 0 Å². The summed E-state index contributed by atoms with van der Waals surface area (Å²) in [7, 11) is 1.62. The first kappa shape index (κ1) is 20.9. The molecule has 31 heavy (non-hydrogen) atoms. The molecule has 0 aliphatic heterocycles. The van der Waals surface area contributed by atoms with E-state index in [1.807, 2.05) is 54.6 Å². The molecule has 0 atom stereocenters. The van der Waals surface area contributed by atoms with Crippen molar-refractivity contribution in [1.29, 1.82) is 0 Å². The molecule has 4 rings (SSSR count). The minimum Gasteiger partial charge on any atom is -0.493 e. The van der Waals surface area contributed by atoms with Crippen molar-refractivity contribution in [2.75, 3.05) is 12.5 Å². The summed E-state index contributed by atoms with van der Waals surface area (Å²) < 4.78 is 13.7. The zero-order valence-electron chi connectivity index (χ0n) is 16.7. The third-order valence-electron chi connectivity index (χ3n) is 4.59. The Morgan fingerprint density at radius 2 is 1.77 bits per heavy atom. The molecule has 158 valence electrons. The fourth-order valence-electron chi connectivity index (χ4n) is 2.99. The van der Waals surface area contributed by atoms with Crippen LogP contribution in [0.15, 0.2) is 67.0 Å². The second kappa shape index (κ2) is 9.63. The fourth-order valence-corrected chi connectivity index (χ4v) is 3.31. The van der Waals surface area contributed by atoms with E-state index in [-0.39, 0.29) is 0 Å². The Morgan fingerprint density at radius 3 is 2.52 bits per heavy atom. The van der Waals surface area contributed by atoms with Crippen LogP contribution in [-0.4, -0.2) is 27.0 Å². The Kier molecular flexibility index (Phi) is 6.49. The van der Waals surface area contributed by atoms with Gasteiger partial charge in [-0.15, -0.1) is 0 Å². The number of H-pyrrole nitrogens is 1. The number of pyridine rings is 1. The molecule has 4 aromatic rings. The Bertz CT molecular complexity index is 1210. The van der Waals surface area contributed by atoms with E-state index < -0.39 is 0 Å². The van der Waals surface area contributed by atoms with Gasteiger partial charge in [0, 0.05) is 23.0 Å². The quantitative estimate of drug-likeness (QED) is 0.366. The predicted molar refractivity (Wildman–Crippen MR) is 122 cm³/mol. The third kappa shape index (κ3) is 5.04. The van der Waals surface area contributed by atoms with Crippen molar-refractivity contribution in [3.05, 3.63) is 87.9 Å². The summed E-state index contributed by atoms with van der Waals surface area (Å²) in [6.45, 7) is 0.935. The van der Waals surface area contributed by atoms with Gasteiger partial charge < -0.3 is 14.9 Å². The third-order valence-corrected chi connectivity index (χ3v) is 5.11. The van der Waals surface area contributed by atoms with Crippen LogP contribution in [0.4, 0.5) is 0 Å². The largest absolute Gasteiger partial charge is 0.493 e. The van der Waals surface area contributed by atoms with Crippen molar-refractivity contribution in [2.24, 2.45) is 0 Å². The molecule has 0 radical (unpaired) electrons. The van der Waals surface area contributed by atoms with Crippen LogP contribution in [0.3, 0.4) is 0 Å². The highest BCUT2D eigenvalue weighted by Crippen LogP contribution is 2.29. The van der Waals surface area contributed by atoms with E-state index in [9.17, 15) is 0 Å². The molecule has 9 heteroatoms. The number of nitrogens with one attached hydrogen (secondary N) is 2. The van der Waals surface area contributed by atoms with Crippen LogP contribution in [0.5, 0.6) is 11.5 Å². The summed E-state index contributed by atoms with van der Waals surface area (Å²) in [5, 5.41) is 7.82. The molecule has 0 saturated heterocycles. The van der Waals surface area contributed by atoms with Crippen LogP contribution in [0.2, 0.25) is 5.02 Å². The normalized spacial score (nSPS) is 10.6. The van der Waals surface area contributed by atoms with Crippen molar-refractivity contribution in [2.45, 2.75) is 13.2 Å². The molecule has 0 fully saturated rings. The molecular weight excluding hydrogens is 434 g/mol. The molecule has 7 nitrogen and oxygen atoms in total. The number of ether oxygens (including phenoxy) is 2. The standard InChI is InChI=1S/C22H20ClN5O2S/c1-29-20-12-16(4-7-19(20)30-14-15-2-5-18(23)6-3-15)13-25-28-21(26-27-22(28)31)17-8-10-24-11-9-17/h2-12,25H,13-14H2,1H3,(H,27,31). The van der Waals surface area contributed by atoms with Gasteiger partial charge in [0.25, 0.3) is 0 Å². The lowest BCUT2D eigenvalue weighted by molar-refractivity contribution is 0.284. The molecular formula is C22H20ClN5O2S. The Labute approximate surface area is 189 Å². The van der Waals surface area contributed by atoms with E-state index in [1.54, 1.807) is 24.2 Å². The van der Waals surface area contributed by atoms with Gasteiger partial charge in [0.1, 0.15) is 6.61 Å². The van der Waals surface area contributed by atoms with E-state index in [0.29, 0.717) is 40.3 Å². The molecule has 0 saturated carbocycles. The summed E-state index contributed by atoms with van der Waals surface area (Å²) in [4.78, 5) is 4.04. The molecule has 2 aromatic carbocycles. The number of hydrogen-bond acceptors (Lipinski definition) is 6. The zero-order valence-corrected chi connectivity index (χ0v) is 18.3. The fraction of sp³-hybridized carbons (Fsp3) is 0.136. The lowest BCUT2D eigenvalue weighted by atomic mass is 10.2. The van der Waals surface area contributed by atoms with Crippen molar-refractivity contribution in [3.8, 4) is 22.9 Å². The van der Waals surface area contributed by atoms with Gasteiger partial charge >= 0.3 is 0 Å². The second-order valence-electron chi connectivity index (χ2n) is 6.66. The van der Waals surface area contributed by atoms with Crippen molar-refractivity contribution < 1.29 is 9.47 Å². The van der Waals surface area contributed by atoms with Gasteiger partial charge in [0.05, 0.1) is 13.7 Å². The van der Waals surface area contributed by atoms with Gasteiger partial charge in [-0.3, -0.25) is 4.98 Å². The van der Waals surface area contributed by atoms with E-state index in [1.165, 1.54) is 0 Å². The lowest BCUT2D eigenvalue weighted by Crippen LogP contribution is -2.16. The SMILES string of the molecule is COc1cc(CNn2c(-c3ccncc3)n[nH]c2=S)ccc1OCc1ccc(Cl)cc1. The van der Waals surface area contributed by atoms with Gasteiger partial charge in [-0.1, -0.05) is 29.8 Å². The Balaban J connectivity index is 1.46. The number of hydrogen-bond donors (Lipinski definition) is 2. The number of nitrogens with zero attached hydrogens (tertiary/aromatic N) is 3. The van der Waals surface area contributed by atoms with Gasteiger partial charge in [-0.2, -0.15) is 5.10 Å². The highest BCUT2D eigenvalue weighted by molar-refractivity contribution is 7.71. The molecule has 0 aliphatic carbocycles.